The van der Waals surface area contributed by atoms with Crippen LogP contribution in [0.4, 0.5) is 0 Å². The maximum absolute atomic E-state index is 5.56. The van der Waals surface area contributed by atoms with Crippen LogP contribution in [0.3, 0.4) is 0 Å². The van der Waals surface area contributed by atoms with E-state index in [4.69, 9.17) is 14.2 Å². The van der Waals surface area contributed by atoms with Crippen LogP contribution < -0.4 is 19.5 Å². The zero-order valence-electron chi connectivity index (χ0n) is 11.6. The standard InChI is InChI=1S/C14H20BrNO3/c1-17-11-7-10(15)13(18-2)12(14(11)19-3)9-5-4-6-16-8-9/h7,9,16H,4-6,8H2,1-3H3. The van der Waals surface area contributed by atoms with Gasteiger partial charge in [-0.15, -0.1) is 0 Å². The molecule has 1 heterocycles. The molecule has 0 aromatic heterocycles. The molecule has 19 heavy (non-hydrogen) atoms. The predicted octanol–water partition coefficient (Wildman–Crippen LogP) is 2.94. The smallest absolute Gasteiger partial charge is 0.168 e. The fourth-order valence-electron chi connectivity index (χ4n) is 2.65. The number of benzene rings is 1. The van der Waals surface area contributed by atoms with Crippen molar-refractivity contribution >= 4 is 15.9 Å². The van der Waals surface area contributed by atoms with Gasteiger partial charge in [0.25, 0.3) is 0 Å². The minimum Gasteiger partial charge on any atom is -0.495 e. The molecule has 1 fully saturated rings. The molecule has 1 aromatic rings. The van der Waals surface area contributed by atoms with Crippen molar-refractivity contribution < 1.29 is 14.2 Å². The number of methoxy groups -OCH3 is 3. The zero-order valence-corrected chi connectivity index (χ0v) is 13.2. The molecule has 0 bridgehead atoms. The van der Waals surface area contributed by atoms with Crippen molar-refractivity contribution in [3.63, 3.8) is 0 Å². The number of rotatable bonds is 4. The fourth-order valence-corrected chi connectivity index (χ4v) is 3.23. The zero-order chi connectivity index (χ0) is 13.8. The molecule has 1 atom stereocenters. The number of hydrogen-bond donors (Lipinski definition) is 1. The molecule has 1 unspecified atom stereocenters. The van der Waals surface area contributed by atoms with E-state index in [1.165, 1.54) is 0 Å². The normalized spacial score (nSPS) is 19.1. The second-order valence-corrected chi connectivity index (χ2v) is 5.44. The highest BCUT2D eigenvalue weighted by Crippen LogP contribution is 2.47. The minimum atomic E-state index is 0.380. The maximum atomic E-state index is 5.56. The average molecular weight is 330 g/mol. The molecule has 0 radical (unpaired) electrons. The molecule has 0 amide bonds. The second kappa shape index (κ2) is 6.48. The third-order valence-corrected chi connectivity index (χ3v) is 4.11. The van der Waals surface area contributed by atoms with Crippen molar-refractivity contribution in [2.45, 2.75) is 18.8 Å². The summed E-state index contributed by atoms with van der Waals surface area (Å²) in [6.07, 6.45) is 2.28. The lowest BCUT2D eigenvalue weighted by molar-refractivity contribution is 0.332. The van der Waals surface area contributed by atoms with Crippen molar-refractivity contribution in [2.75, 3.05) is 34.4 Å². The summed E-state index contributed by atoms with van der Waals surface area (Å²) < 4.78 is 17.4. The predicted molar refractivity (Wildman–Crippen MR) is 78.6 cm³/mol. The Kier molecular flexibility index (Phi) is 4.93. The highest BCUT2D eigenvalue weighted by Gasteiger charge is 2.27. The highest BCUT2D eigenvalue weighted by atomic mass is 79.9. The summed E-state index contributed by atoms with van der Waals surface area (Å²) in [5.41, 5.74) is 1.09. The number of ether oxygens (including phenoxy) is 3. The Morgan fingerprint density at radius 1 is 1.16 bits per heavy atom. The molecule has 2 rings (SSSR count). The molecule has 0 aliphatic carbocycles. The van der Waals surface area contributed by atoms with E-state index in [1.54, 1.807) is 21.3 Å². The summed E-state index contributed by atoms with van der Waals surface area (Å²) in [5.74, 6) is 2.73. The van der Waals surface area contributed by atoms with Gasteiger partial charge >= 0.3 is 0 Å². The topological polar surface area (TPSA) is 39.7 Å². The number of piperidine rings is 1. The van der Waals surface area contributed by atoms with Gasteiger partial charge < -0.3 is 19.5 Å². The first-order valence-electron chi connectivity index (χ1n) is 6.42. The van der Waals surface area contributed by atoms with Crippen molar-refractivity contribution in [3.05, 3.63) is 16.1 Å². The lowest BCUT2D eigenvalue weighted by Gasteiger charge is -2.27. The Balaban J connectivity index is 2.55. The van der Waals surface area contributed by atoms with Crippen LogP contribution in [0.2, 0.25) is 0 Å². The molecule has 1 aromatic carbocycles. The van der Waals surface area contributed by atoms with Crippen LogP contribution in [0, 0.1) is 0 Å². The third kappa shape index (κ3) is 2.82. The van der Waals surface area contributed by atoms with Gasteiger partial charge in [0, 0.05) is 24.1 Å². The number of hydrogen-bond acceptors (Lipinski definition) is 4. The summed E-state index contributed by atoms with van der Waals surface area (Å²) in [6.45, 7) is 2.01. The Labute approximate surface area is 122 Å². The van der Waals surface area contributed by atoms with Gasteiger partial charge in [-0.3, -0.25) is 0 Å². The largest absolute Gasteiger partial charge is 0.495 e. The van der Waals surface area contributed by atoms with Crippen LogP contribution in [0.25, 0.3) is 0 Å². The van der Waals surface area contributed by atoms with Crippen LogP contribution in [0.5, 0.6) is 17.2 Å². The summed E-state index contributed by atoms with van der Waals surface area (Å²) in [7, 11) is 5.01. The van der Waals surface area contributed by atoms with Crippen LogP contribution >= 0.6 is 15.9 Å². The van der Waals surface area contributed by atoms with Crippen molar-refractivity contribution in [3.8, 4) is 17.2 Å². The van der Waals surface area contributed by atoms with Crippen molar-refractivity contribution in [1.82, 2.24) is 5.32 Å². The van der Waals surface area contributed by atoms with E-state index < -0.39 is 0 Å². The van der Waals surface area contributed by atoms with Crippen molar-refractivity contribution in [2.24, 2.45) is 0 Å². The summed E-state index contributed by atoms with van der Waals surface area (Å²) >= 11 is 3.55. The molecule has 1 N–H and O–H groups in total. The average Bonchev–Trinajstić information content (AvgIpc) is 2.46. The molecule has 1 saturated heterocycles. The molecular weight excluding hydrogens is 310 g/mol. The monoisotopic (exact) mass is 329 g/mol. The van der Waals surface area contributed by atoms with E-state index in [9.17, 15) is 0 Å². The Hall–Kier alpha value is -0.940. The van der Waals surface area contributed by atoms with E-state index >= 15 is 0 Å². The van der Waals surface area contributed by atoms with Gasteiger partial charge in [-0.25, -0.2) is 0 Å². The lowest BCUT2D eigenvalue weighted by atomic mass is 9.90. The molecule has 5 heteroatoms. The molecule has 1 aliphatic rings. The van der Waals surface area contributed by atoms with Gasteiger partial charge in [0.15, 0.2) is 11.5 Å². The minimum absolute atomic E-state index is 0.380. The molecule has 0 saturated carbocycles. The lowest BCUT2D eigenvalue weighted by Crippen LogP contribution is -2.29. The second-order valence-electron chi connectivity index (χ2n) is 4.58. The SMILES string of the molecule is COc1cc(Br)c(OC)c(C2CCCNC2)c1OC. The Morgan fingerprint density at radius 3 is 2.42 bits per heavy atom. The van der Waals surface area contributed by atoms with Crippen LogP contribution in [0.15, 0.2) is 10.5 Å². The fraction of sp³-hybridized carbons (Fsp3) is 0.571. The molecular formula is C14H20BrNO3. The quantitative estimate of drug-likeness (QED) is 0.921. The number of nitrogens with one attached hydrogen (secondary N) is 1. The van der Waals surface area contributed by atoms with Gasteiger partial charge in [0.1, 0.15) is 5.75 Å². The van der Waals surface area contributed by atoms with E-state index in [2.05, 4.69) is 21.2 Å². The third-order valence-electron chi connectivity index (χ3n) is 3.52. The van der Waals surface area contributed by atoms with Crippen LogP contribution in [-0.2, 0) is 0 Å². The van der Waals surface area contributed by atoms with Crippen LogP contribution in [0.1, 0.15) is 24.3 Å². The maximum Gasteiger partial charge on any atom is 0.168 e. The van der Waals surface area contributed by atoms with Gasteiger partial charge in [-0.2, -0.15) is 0 Å². The van der Waals surface area contributed by atoms with Crippen LogP contribution in [-0.4, -0.2) is 34.4 Å². The molecule has 0 spiro atoms. The molecule has 4 nitrogen and oxygen atoms in total. The first kappa shape index (κ1) is 14.5. The Bertz CT molecular complexity index is 445. The van der Waals surface area contributed by atoms with Gasteiger partial charge in [-0.1, -0.05) is 0 Å². The number of halogens is 1. The molecule has 1 aliphatic heterocycles. The van der Waals surface area contributed by atoms with E-state index in [0.717, 1.165) is 53.2 Å². The summed E-state index contributed by atoms with van der Waals surface area (Å²) in [5, 5.41) is 3.43. The van der Waals surface area contributed by atoms with E-state index in [0.29, 0.717) is 5.92 Å². The summed E-state index contributed by atoms with van der Waals surface area (Å²) in [4.78, 5) is 0. The van der Waals surface area contributed by atoms with Gasteiger partial charge in [0.2, 0.25) is 0 Å². The van der Waals surface area contributed by atoms with Gasteiger partial charge in [-0.05, 0) is 35.3 Å². The Morgan fingerprint density at radius 2 is 1.89 bits per heavy atom. The summed E-state index contributed by atoms with van der Waals surface area (Å²) in [6, 6.07) is 1.89. The highest BCUT2D eigenvalue weighted by molar-refractivity contribution is 9.10. The van der Waals surface area contributed by atoms with Crippen molar-refractivity contribution in [1.29, 1.82) is 0 Å². The van der Waals surface area contributed by atoms with E-state index in [-0.39, 0.29) is 0 Å². The first-order valence-corrected chi connectivity index (χ1v) is 7.21. The van der Waals surface area contributed by atoms with Gasteiger partial charge in [0.05, 0.1) is 25.8 Å². The first-order chi connectivity index (χ1) is 9.22. The van der Waals surface area contributed by atoms with E-state index in [1.807, 2.05) is 6.07 Å². The molecule has 106 valence electrons.